The van der Waals surface area contributed by atoms with Crippen LogP contribution in [0.2, 0.25) is 0 Å². The normalized spacial score (nSPS) is 18.2. The van der Waals surface area contributed by atoms with E-state index in [0.29, 0.717) is 36.3 Å². The topological polar surface area (TPSA) is 74.2 Å². The highest BCUT2D eigenvalue weighted by Crippen LogP contribution is 2.38. The Morgan fingerprint density at radius 1 is 1.11 bits per heavy atom. The van der Waals surface area contributed by atoms with Crippen molar-refractivity contribution in [3.8, 4) is 22.9 Å². The first kappa shape index (κ1) is 26.1. The van der Waals surface area contributed by atoms with Gasteiger partial charge in [-0.3, -0.25) is 0 Å². The lowest BCUT2D eigenvalue weighted by Crippen LogP contribution is -2.27. The largest absolute Gasteiger partial charge is 0.491 e. The van der Waals surface area contributed by atoms with Gasteiger partial charge in [0, 0.05) is 12.1 Å². The number of anilines is 1. The summed E-state index contributed by atoms with van der Waals surface area (Å²) in [6, 6.07) is 16.7. The number of amides is 2. The molecule has 5 nitrogen and oxygen atoms in total. The average Bonchev–Trinajstić information content (AvgIpc) is 2.87. The minimum Gasteiger partial charge on any atom is -0.491 e. The molecule has 184 valence electrons. The van der Waals surface area contributed by atoms with Crippen molar-refractivity contribution in [2.45, 2.75) is 65.2 Å². The smallest absolute Gasteiger partial charge is 0.323 e. The highest BCUT2D eigenvalue weighted by molar-refractivity contribution is 5.92. The van der Waals surface area contributed by atoms with Crippen LogP contribution in [0.5, 0.6) is 5.75 Å². The second-order valence-electron chi connectivity index (χ2n) is 9.22. The molecule has 0 unspecified atom stereocenters. The van der Waals surface area contributed by atoms with Crippen LogP contribution < -0.4 is 15.4 Å². The molecule has 0 aromatic heterocycles. The summed E-state index contributed by atoms with van der Waals surface area (Å²) in [6.07, 6.45) is 11.8. The van der Waals surface area contributed by atoms with Gasteiger partial charge in [-0.15, -0.1) is 0 Å². The molecule has 1 aliphatic rings. The molecule has 0 atom stereocenters. The third kappa shape index (κ3) is 7.75. The first-order chi connectivity index (χ1) is 17.0. The highest BCUT2D eigenvalue weighted by Gasteiger charge is 2.22. The predicted molar refractivity (Wildman–Crippen MR) is 143 cm³/mol. The van der Waals surface area contributed by atoms with E-state index in [0.717, 1.165) is 48.9 Å². The van der Waals surface area contributed by atoms with Crippen molar-refractivity contribution >= 4 is 11.7 Å². The molecule has 0 aliphatic heterocycles. The number of carbonyl (C=O) groups excluding carboxylic acids is 1. The SMILES string of the molecule is C/C=C\C=C(/C)NC(=O)Nc1ccc(-c2ccc(C3CCC(CC#N)CC3)cc2)cc1OCCC. The zero-order valence-corrected chi connectivity index (χ0v) is 21.1. The lowest BCUT2D eigenvalue weighted by atomic mass is 9.77. The first-order valence-electron chi connectivity index (χ1n) is 12.7. The fourth-order valence-electron chi connectivity index (χ4n) is 4.53. The number of carbonyl (C=O) groups is 1. The molecule has 1 saturated carbocycles. The number of allylic oxidation sites excluding steroid dienone is 4. The molecule has 0 heterocycles. The molecule has 0 saturated heterocycles. The minimum absolute atomic E-state index is 0.300. The third-order valence-corrected chi connectivity index (χ3v) is 6.48. The van der Waals surface area contributed by atoms with Crippen molar-refractivity contribution in [2.24, 2.45) is 5.92 Å². The van der Waals surface area contributed by atoms with Crippen molar-refractivity contribution < 1.29 is 9.53 Å². The summed E-state index contributed by atoms with van der Waals surface area (Å²) in [5.74, 6) is 1.81. The van der Waals surface area contributed by atoms with E-state index < -0.39 is 0 Å². The van der Waals surface area contributed by atoms with Gasteiger partial charge in [0.2, 0.25) is 0 Å². The molecule has 2 N–H and O–H groups in total. The number of rotatable bonds is 9. The maximum atomic E-state index is 12.5. The Labute approximate surface area is 209 Å². The summed E-state index contributed by atoms with van der Waals surface area (Å²) < 4.78 is 5.98. The van der Waals surface area contributed by atoms with Crippen LogP contribution in [0.4, 0.5) is 10.5 Å². The number of nitrogens with zero attached hydrogens (tertiary/aromatic N) is 1. The van der Waals surface area contributed by atoms with Crippen LogP contribution in [0, 0.1) is 17.2 Å². The summed E-state index contributed by atoms with van der Waals surface area (Å²) in [7, 11) is 0. The first-order valence-corrected chi connectivity index (χ1v) is 12.7. The molecular weight excluding hydrogens is 434 g/mol. The predicted octanol–water partition coefficient (Wildman–Crippen LogP) is 7.93. The fraction of sp³-hybridized carbons (Fsp3) is 0.400. The van der Waals surface area contributed by atoms with Crippen LogP contribution in [0.15, 0.2) is 66.4 Å². The summed E-state index contributed by atoms with van der Waals surface area (Å²) in [5, 5.41) is 14.7. The van der Waals surface area contributed by atoms with Gasteiger partial charge in [0.15, 0.2) is 0 Å². The lowest BCUT2D eigenvalue weighted by Gasteiger charge is -2.27. The molecule has 2 amide bonds. The molecule has 0 radical (unpaired) electrons. The zero-order valence-electron chi connectivity index (χ0n) is 21.1. The molecule has 5 heteroatoms. The van der Waals surface area contributed by atoms with E-state index in [1.165, 1.54) is 5.56 Å². The maximum absolute atomic E-state index is 12.5. The number of benzene rings is 2. The monoisotopic (exact) mass is 471 g/mol. The van der Waals surface area contributed by atoms with Crippen LogP contribution in [-0.4, -0.2) is 12.6 Å². The lowest BCUT2D eigenvalue weighted by molar-refractivity contribution is 0.254. The molecule has 0 bridgehead atoms. The van der Waals surface area contributed by atoms with Gasteiger partial charge in [-0.25, -0.2) is 4.79 Å². The van der Waals surface area contributed by atoms with Crippen LogP contribution in [0.25, 0.3) is 11.1 Å². The molecule has 35 heavy (non-hydrogen) atoms. The van der Waals surface area contributed by atoms with Crippen LogP contribution in [0.1, 0.15) is 70.8 Å². The Bertz CT molecular complexity index is 1070. The van der Waals surface area contributed by atoms with Crippen LogP contribution in [0.3, 0.4) is 0 Å². The highest BCUT2D eigenvalue weighted by atomic mass is 16.5. The van der Waals surface area contributed by atoms with Crippen molar-refractivity contribution in [3.63, 3.8) is 0 Å². The number of urea groups is 1. The van der Waals surface area contributed by atoms with E-state index in [1.807, 2.05) is 50.3 Å². The van der Waals surface area contributed by atoms with Gasteiger partial charge >= 0.3 is 6.03 Å². The van der Waals surface area contributed by atoms with Crippen LogP contribution >= 0.6 is 0 Å². The number of hydrogen-bond donors (Lipinski definition) is 2. The van der Waals surface area contributed by atoms with Gasteiger partial charge in [-0.2, -0.15) is 5.26 Å². The Morgan fingerprint density at radius 3 is 2.49 bits per heavy atom. The van der Waals surface area contributed by atoms with E-state index >= 15 is 0 Å². The number of nitrogens with one attached hydrogen (secondary N) is 2. The van der Waals surface area contributed by atoms with E-state index in [1.54, 1.807) is 0 Å². The summed E-state index contributed by atoms with van der Waals surface area (Å²) in [5.41, 5.74) is 4.95. The molecule has 1 fully saturated rings. The van der Waals surface area contributed by atoms with Crippen molar-refractivity contribution in [1.29, 1.82) is 5.26 Å². The van der Waals surface area contributed by atoms with Crippen molar-refractivity contribution in [3.05, 3.63) is 72.0 Å². The maximum Gasteiger partial charge on any atom is 0.323 e. The second kappa shape index (κ2) is 13.4. The van der Waals surface area contributed by atoms with Gasteiger partial charge < -0.3 is 15.4 Å². The van der Waals surface area contributed by atoms with Gasteiger partial charge in [-0.1, -0.05) is 49.4 Å². The third-order valence-electron chi connectivity index (χ3n) is 6.48. The van der Waals surface area contributed by atoms with Crippen molar-refractivity contribution in [2.75, 3.05) is 11.9 Å². The Hall–Kier alpha value is -3.52. The van der Waals surface area contributed by atoms with Gasteiger partial charge in [0.1, 0.15) is 5.75 Å². The molecule has 3 rings (SSSR count). The molecule has 2 aromatic carbocycles. The summed E-state index contributed by atoms with van der Waals surface area (Å²) >= 11 is 0. The van der Waals surface area contributed by atoms with E-state index in [-0.39, 0.29) is 6.03 Å². The van der Waals surface area contributed by atoms with Gasteiger partial charge in [0.05, 0.1) is 18.4 Å². The van der Waals surface area contributed by atoms with E-state index in [2.05, 4.69) is 47.9 Å². The standard InChI is InChI=1S/C30H37N3O2/c1-4-6-7-22(3)32-30(34)33-28-17-16-27(21-29(28)35-20-5-2)26-14-12-25(13-15-26)24-10-8-23(9-11-24)18-19-31/h4,6-7,12-17,21,23-24H,5,8-11,18,20H2,1-3H3,(H2,32,33,34)/b6-4-,22-7+. The molecule has 1 aliphatic carbocycles. The summed E-state index contributed by atoms with van der Waals surface area (Å²) in [4.78, 5) is 12.5. The molecule has 0 spiro atoms. The van der Waals surface area contributed by atoms with E-state index in [4.69, 9.17) is 10.00 Å². The Morgan fingerprint density at radius 2 is 1.83 bits per heavy atom. The Kier molecular flexibility index (Phi) is 9.98. The number of hydrogen-bond acceptors (Lipinski definition) is 3. The molecule has 2 aromatic rings. The second-order valence-corrected chi connectivity index (χ2v) is 9.22. The molecular formula is C30H37N3O2. The van der Waals surface area contributed by atoms with Crippen molar-refractivity contribution in [1.82, 2.24) is 5.32 Å². The fourth-order valence-corrected chi connectivity index (χ4v) is 4.53. The van der Waals surface area contributed by atoms with Crippen LogP contribution in [-0.2, 0) is 0 Å². The van der Waals surface area contributed by atoms with Gasteiger partial charge in [-0.05, 0) is 92.7 Å². The minimum atomic E-state index is -0.300. The number of ether oxygens (including phenoxy) is 1. The van der Waals surface area contributed by atoms with E-state index in [9.17, 15) is 4.79 Å². The summed E-state index contributed by atoms with van der Waals surface area (Å²) in [6.45, 7) is 6.41. The zero-order chi connectivity index (χ0) is 25.0. The number of nitriles is 1. The quantitative estimate of drug-likeness (QED) is 0.365. The average molecular weight is 472 g/mol. The van der Waals surface area contributed by atoms with Gasteiger partial charge in [0.25, 0.3) is 0 Å². The Balaban J connectivity index is 1.71.